The predicted octanol–water partition coefficient (Wildman–Crippen LogP) is 0.948. The van der Waals surface area contributed by atoms with E-state index in [0.717, 1.165) is 0 Å². The van der Waals surface area contributed by atoms with Crippen LogP contribution in [0.3, 0.4) is 0 Å². The summed E-state index contributed by atoms with van der Waals surface area (Å²) in [4.78, 5) is 25.2. The van der Waals surface area contributed by atoms with E-state index in [1.807, 2.05) is 0 Å². The summed E-state index contributed by atoms with van der Waals surface area (Å²) in [6.45, 7) is 2.19. The van der Waals surface area contributed by atoms with E-state index in [9.17, 15) is 9.59 Å². The third-order valence-corrected chi connectivity index (χ3v) is 3.36. The first-order chi connectivity index (χ1) is 9.63. The van der Waals surface area contributed by atoms with Crippen molar-refractivity contribution in [3.63, 3.8) is 0 Å². The number of anilines is 1. The van der Waals surface area contributed by atoms with E-state index in [-0.39, 0.29) is 11.9 Å². The lowest BCUT2D eigenvalue weighted by Crippen LogP contribution is -2.29. The number of carbonyl (C=O) groups is 2. The van der Waals surface area contributed by atoms with Gasteiger partial charge in [0.25, 0.3) is 5.91 Å². The Morgan fingerprint density at radius 2 is 2.30 bits per heavy atom. The van der Waals surface area contributed by atoms with Gasteiger partial charge in [0.1, 0.15) is 0 Å². The number of rotatable bonds is 5. The molecule has 1 aromatic carbocycles. The molecule has 0 unspecified atom stereocenters. The molecule has 1 aliphatic rings. The number of hydrogen-bond acceptors (Lipinski definition) is 3. The minimum absolute atomic E-state index is 0.165. The monoisotopic (exact) mass is 296 g/mol. The fraction of sp³-hybridized carbons (Fsp3) is 0.385. The number of benzene rings is 1. The Morgan fingerprint density at radius 1 is 1.50 bits per heavy atom. The summed E-state index contributed by atoms with van der Waals surface area (Å²) in [6, 6.07) is 4.82. The van der Waals surface area contributed by atoms with Gasteiger partial charge < -0.3 is 16.4 Å². The van der Waals surface area contributed by atoms with Crippen LogP contribution in [0.15, 0.2) is 18.2 Å². The lowest BCUT2D eigenvalue weighted by atomic mass is 10.1. The van der Waals surface area contributed by atoms with Gasteiger partial charge in [-0.1, -0.05) is 11.6 Å². The molecule has 20 heavy (non-hydrogen) atoms. The molecule has 0 bridgehead atoms. The van der Waals surface area contributed by atoms with E-state index in [4.69, 9.17) is 17.3 Å². The van der Waals surface area contributed by atoms with Crippen molar-refractivity contribution in [2.24, 2.45) is 5.73 Å². The summed E-state index contributed by atoms with van der Waals surface area (Å²) in [5.74, 6) is -0.259. The van der Waals surface area contributed by atoms with Crippen molar-refractivity contribution in [2.45, 2.75) is 6.42 Å². The van der Waals surface area contributed by atoms with E-state index < -0.39 is 0 Å². The fourth-order valence-electron chi connectivity index (χ4n) is 1.97. The Morgan fingerprint density at radius 3 is 2.95 bits per heavy atom. The number of halogens is 1. The Kier molecular flexibility index (Phi) is 4.81. The molecular formula is C13H17ClN4O2. The van der Waals surface area contributed by atoms with Crippen LogP contribution in [0.5, 0.6) is 0 Å². The standard InChI is InChI=1S/C13H17ClN4O2/c14-11-3-2-9(18-7-6-17-13(18)20)8-10(11)12(19)16-5-1-4-15/h2-3,8H,1,4-7,15H2,(H,16,19)(H,17,20). The maximum atomic E-state index is 12.0. The molecule has 1 heterocycles. The van der Waals surface area contributed by atoms with Gasteiger partial charge in [-0.05, 0) is 31.2 Å². The lowest BCUT2D eigenvalue weighted by Gasteiger charge is -2.16. The number of carbonyl (C=O) groups excluding carboxylic acids is 2. The zero-order valence-electron chi connectivity index (χ0n) is 11.0. The number of nitrogens with one attached hydrogen (secondary N) is 2. The van der Waals surface area contributed by atoms with Crippen LogP contribution in [0.2, 0.25) is 5.02 Å². The van der Waals surface area contributed by atoms with Crippen LogP contribution in [-0.2, 0) is 0 Å². The maximum absolute atomic E-state index is 12.0. The lowest BCUT2D eigenvalue weighted by molar-refractivity contribution is 0.0953. The zero-order valence-corrected chi connectivity index (χ0v) is 11.7. The van der Waals surface area contributed by atoms with Gasteiger partial charge in [-0.15, -0.1) is 0 Å². The molecule has 0 atom stereocenters. The molecule has 0 aromatic heterocycles. The molecule has 6 nitrogen and oxygen atoms in total. The van der Waals surface area contributed by atoms with Gasteiger partial charge in [-0.25, -0.2) is 4.79 Å². The van der Waals surface area contributed by atoms with Crippen molar-refractivity contribution >= 4 is 29.2 Å². The molecule has 0 spiro atoms. The number of hydrogen-bond donors (Lipinski definition) is 3. The molecule has 1 aromatic rings. The molecule has 3 amide bonds. The van der Waals surface area contributed by atoms with Crippen molar-refractivity contribution in [1.82, 2.24) is 10.6 Å². The van der Waals surface area contributed by atoms with Crippen LogP contribution < -0.4 is 21.3 Å². The number of nitrogens with zero attached hydrogens (tertiary/aromatic N) is 1. The highest BCUT2D eigenvalue weighted by Gasteiger charge is 2.22. The van der Waals surface area contributed by atoms with Gasteiger partial charge in [-0.3, -0.25) is 9.69 Å². The molecule has 1 aliphatic heterocycles. The molecule has 0 aliphatic carbocycles. The Bertz CT molecular complexity index is 521. The summed E-state index contributed by atoms with van der Waals surface area (Å²) in [5.41, 5.74) is 6.40. The van der Waals surface area contributed by atoms with Crippen LogP contribution in [0.25, 0.3) is 0 Å². The summed E-state index contributed by atoms with van der Waals surface area (Å²) < 4.78 is 0. The summed E-state index contributed by atoms with van der Waals surface area (Å²) in [7, 11) is 0. The summed E-state index contributed by atoms with van der Waals surface area (Å²) >= 11 is 6.04. The molecule has 1 saturated heterocycles. The average molecular weight is 297 g/mol. The van der Waals surface area contributed by atoms with Crippen molar-refractivity contribution in [1.29, 1.82) is 0 Å². The van der Waals surface area contributed by atoms with Gasteiger partial charge in [0.2, 0.25) is 0 Å². The highest BCUT2D eigenvalue weighted by atomic mass is 35.5. The predicted molar refractivity (Wildman–Crippen MR) is 78.2 cm³/mol. The zero-order chi connectivity index (χ0) is 14.5. The van der Waals surface area contributed by atoms with E-state index >= 15 is 0 Å². The number of nitrogens with two attached hydrogens (primary N) is 1. The van der Waals surface area contributed by atoms with E-state index in [2.05, 4.69) is 10.6 Å². The van der Waals surface area contributed by atoms with Gasteiger partial charge >= 0.3 is 6.03 Å². The maximum Gasteiger partial charge on any atom is 0.321 e. The van der Waals surface area contributed by atoms with Crippen LogP contribution in [0, 0.1) is 0 Å². The molecular weight excluding hydrogens is 280 g/mol. The Labute approximate surface area is 122 Å². The minimum atomic E-state index is -0.259. The SMILES string of the molecule is NCCCNC(=O)c1cc(N2CCNC2=O)ccc1Cl. The first kappa shape index (κ1) is 14.6. The largest absolute Gasteiger partial charge is 0.352 e. The first-order valence-electron chi connectivity index (χ1n) is 6.46. The molecule has 7 heteroatoms. The second-order valence-electron chi connectivity index (χ2n) is 4.45. The first-order valence-corrected chi connectivity index (χ1v) is 6.84. The normalized spacial score (nSPS) is 14.3. The van der Waals surface area contributed by atoms with Crippen LogP contribution in [0.1, 0.15) is 16.8 Å². The molecule has 2 rings (SSSR count). The Hall–Kier alpha value is -1.79. The van der Waals surface area contributed by atoms with Gasteiger partial charge in [0, 0.05) is 25.3 Å². The molecule has 0 saturated carbocycles. The average Bonchev–Trinajstić information content (AvgIpc) is 2.86. The van der Waals surface area contributed by atoms with Crippen LogP contribution >= 0.6 is 11.6 Å². The van der Waals surface area contributed by atoms with Crippen molar-refractivity contribution in [2.75, 3.05) is 31.1 Å². The van der Waals surface area contributed by atoms with Gasteiger partial charge in [0.15, 0.2) is 0 Å². The van der Waals surface area contributed by atoms with E-state index in [1.54, 1.807) is 23.1 Å². The van der Waals surface area contributed by atoms with Gasteiger partial charge in [0.05, 0.1) is 10.6 Å². The second-order valence-corrected chi connectivity index (χ2v) is 4.85. The number of urea groups is 1. The fourth-order valence-corrected chi connectivity index (χ4v) is 2.18. The second kappa shape index (κ2) is 6.58. The van der Waals surface area contributed by atoms with E-state index in [1.165, 1.54) is 0 Å². The molecule has 108 valence electrons. The highest BCUT2D eigenvalue weighted by Crippen LogP contribution is 2.24. The quantitative estimate of drug-likeness (QED) is 0.707. The van der Waals surface area contributed by atoms with Crippen molar-refractivity contribution in [3.8, 4) is 0 Å². The number of amides is 3. The third-order valence-electron chi connectivity index (χ3n) is 3.03. The summed E-state index contributed by atoms with van der Waals surface area (Å²) in [5, 5.41) is 5.82. The van der Waals surface area contributed by atoms with E-state index in [0.29, 0.717) is 48.9 Å². The summed E-state index contributed by atoms with van der Waals surface area (Å²) in [6.07, 6.45) is 0.706. The molecule has 0 radical (unpaired) electrons. The van der Waals surface area contributed by atoms with Crippen LogP contribution in [0.4, 0.5) is 10.5 Å². The van der Waals surface area contributed by atoms with Crippen molar-refractivity contribution < 1.29 is 9.59 Å². The highest BCUT2D eigenvalue weighted by molar-refractivity contribution is 6.34. The molecule has 1 fully saturated rings. The van der Waals surface area contributed by atoms with Crippen LogP contribution in [-0.4, -0.2) is 38.1 Å². The minimum Gasteiger partial charge on any atom is -0.352 e. The topological polar surface area (TPSA) is 87.5 Å². The molecule has 4 N–H and O–H groups in total. The smallest absolute Gasteiger partial charge is 0.321 e. The van der Waals surface area contributed by atoms with Gasteiger partial charge in [-0.2, -0.15) is 0 Å². The third kappa shape index (κ3) is 3.20. The Balaban J connectivity index is 2.16. The van der Waals surface area contributed by atoms with Crippen molar-refractivity contribution in [3.05, 3.63) is 28.8 Å².